The first kappa shape index (κ1) is 13.1. The number of hydrogen-bond donors (Lipinski definition) is 1. The lowest BCUT2D eigenvalue weighted by molar-refractivity contribution is 0.0439. The summed E-state index contributed by atoms with van der Waals surface area (Å²) in [6.07, 6.45) is 5.55. The number of nitrogen functional groups attached to an aromatic ring is 1. The zero-order chi connectivity index (χ0) is 13.0. The Labute approximate surface area is 109 Å². The molecule has 2 N–H and O–H groups in total. The van der Waals surface area contributed by atoms with Crippen molar-refractivity contribution in [1.29, 1.82) is 0 Å². The Balaban J connectivity index is 2.03. The molecule has 1 fully saturated rings. The normalized spacial score (nSPS) is 20.1. The first-order chi connectivity index (χ1) is 8.70. The summed E-state index contributed by atoms with van der Waals surface area (Å²) in [4.78, 5) is 6.71. The Kier molecular flexibility index (Phi) is 4.42. The molecule has 100 valence electrons. The third-order valence-electron chi connectivity index (χ3n) is 3.27. The van der Waals surface area contributed by atoms with Gasteiger partial charge in [-0.15, -0.1) is 0 Å². The summed E-state index contributed by atoms with van der Waals surface area (Å²) < 4.78 is 5.84. The summed E-state index contributed by atoms with van der Waals surface area (Å²) in [6.45, 7) is 6.92. The fourth-order valence-electron chi connectivity index (χ4n) is 2.40. The van der Waals surface area contributed by atoms with Gasteiger partial charge in [0.05, 0.1) is 11.8 Å². The number of ether oxygens (including phenoxy) is 1. The van der Waals surface area contributed by atoms with Crippen LogP contribution < -0.4 is 10.6 Å². The molecular formula is C14H23N3O. The second-order valence-corrected chi connectivity index (χ2v) is 5.01. The van der Waals surface area contributed by atoms with Crippen molar-refractivity contribution in [3.05, 3.63) is 17.8 Å². The molecule has 18 heavy (non-hydrogen) atoms. The number of aryl methyl sites for hydroxylation is 1. The van der Waals surface area contributed by atoms with Gasteiger partial charge in [-0.3, -0.25) is 0 Å². The minimum atomic E-state index is 0.321. The highest BCUT2D eigenvalue weighted by atomic mass is 16.5. The van der Waals surface area contributed by atoms with Gasteiger partial charge in [0.1, 0.15) is 0 Å². The van der Waals surface area contributed by atoms with Gasteiger partial charge in [-0.2, -0.15) is 0 Å². The van der Waals surface area contributed by atoms with E-state index in [0.29, 0.717) is 6.10 Å². The lowest BCUT2D eigenvalue weighted by atomic mass is 10.1. The third kappa shape index (κ3) is 3.13. The van der Waals surface area contributed by atoms with Crippen molar-refractivity contribution in [3.8, 4) is 0 Å². The van der Waals surface area contributed by atoms with Crippen molar-refractivity contribution in [2.75, 3.05) is 30.3 Å². The number of pyridine rings is 1. The summed E-state index contributed by atoms with van der Waals surface area (Å²) in [7, 11) is 0. The van der Waals surface area contributed by atoms with E-state index in [4.69, 9.17) is 10.5 Å². The van der Waals surface area contributed by atoms with Crippen molar-refractivity contribution < 1.29 is 4.74 Å². The Hall–Kier alpha value is -1.29. The molecular weight excluding hydrogens is 226 g/mol. The van der Waals surface area contributed by atoms with E-state index in [2.05, 4.69) is 16.8 Å². The van der Waals surface area contributed by atoms with E-state index in [1.54, 1.807) is 0 Å². The largest absolute Gasteiger partial charge is 0.396 e. The van der Waals surface area contributed by atoms with Crippen LogP contribution in [0.4, 0.5) is 11.5 Å². The first-order valence-corrected chi connectivity index (χ1v) is 6.79. The Bertz CT molecular complexity index is 395. The zero-order valence-corrected chi connectivity index (χ0v) is 11.4. The van der Waals surface area contributed by atoms with Crippen molar-refractivity contribution in [1.82, 2.24) is 4.98 Å². The summed E-state index contributed by atoms with van der Waals surface area (Å²) in [6, 6.07) is 1.98. The van der Waals surface area contributed by atoms with Crippen LogP contribution >= 0.6 is 0 Å². The number of nitrogens with two attached hydrogens (primary N) is 1. The minimum Gasteiger partial charge on any atom is -0.396 e. The molecule has 0 amide bonds. The molecule has 0 bridgehead atoms. The second kappa shape index (κ2) is 6.05. The fraction of sp³-hybridized carbons (Fsp3) is 0.643. The molecule has 2 heterocycles. The monoisotopic (exact) mass is 249 g/mol. The minimum absolute atomic E-state index is 0.321. The van der Waals surface area contributed by atoms with Crippen LogP contribution in [0.15, 0.2) is 12.3 Å². The van der Waals surface area contributed by atoms with Crippen LogP contribution in [-0.4, -0.2) is 30.8 Å². The lowest BCUT2D eigenvalue weighted by Crippen LogP contribution is -2.40. The van der Waals surface area contributed by atoms with Gasteiger partial charge in [0.25, 0.3) is 0 Å². The van der Waals surface area contributed by atoms with Gasteiger partial charge < -0.3 is 15.4 Å². The smallest absolute Gasteiger partial charge is 0.151 e. The molecule has 1 atom stereocenters. The van der Waals surface area contributed by atoms with Crippen molar-refractivity contribution >= 4 is 11.5 Å². The number of hydrogen-bond acceptors (Lipinski definition) is 4. The molecule has 0 spiro atoms. The molecule has 0 aliphatic carbocycles. The van der Waals surface area contributed by atoms with E-state index in [9.17, 15) is 0 Å². The van der Waals surface area contributed by atoms with Crippen LogP contribution in [-0.2, 0) is 4.74 Å². The molecule has 1 unspecified atom stereocenters. The molecule has 1 saturated heterocycles. The van der Waals surface area contributed by atoms with E-state index < -0.39 is 0 Å². The van der Waals surface area contributed by atoms with Gasteiger partial charge in [0, 0.05) is 25.9 Å². The molecule has 2 rings (SSSR count). The molecule has 0 radical (unpaired) electrons. The summed E-state index contributed by atoms with van der Waals surface area (Å²) in [5.74, 6) is 0.908. The predicted molar refractivity (Wildman–Crippen MR) is 74.9 cm³/mol. The molecule has 1 aromatic rings. The van der Waals surface area contributed by atoms with Crippen LogP contribution in [0.3, 0.4) is 0 Å². The van der Waals surface area contributed by atoms with Crippen LogP contribution in [0.2, 0.25) is 0 Å². The van der Waals surface area contributed by atoms with Crippen molar-refractivity contribution in [2.45, 2.75) is 39.2 Å². The average molecular weight is 249 g/mol. The predicted octanol–water partition coefficient (Wildman–Crippen LogP) is 2.37. The van der Waals surface area contributed by atoms with Gasteiger partial charge in [-0.05, 0) is 37.8 Å². The van der Waals surface area contributed by atoms with Crippen molar-refractivity contribution in [2.24, 2.45) is 0 Å². The Morgan fingerprint density at radius 2 is 2.39 bits per heavy atom. The Morgan fingerprint density at radius 1 is 1.56 bits per heavy atom. The average Bonchev–Trinajstić information content (AvgIpc) is 2.36. The molecule has 4 heteroatoms. The van der Waals surface area contributed by atoms with E-state index in [-0.39, 0.29) is 0 Å². The molecule has 4 nitrogen and oxygen atoms in total. The van der Waals surface area contributed by atoms with Crippen LogP contribution in [0.25, 0.3) is 0 Å². The summed E-state index contributed by atoms with van der Waals surface area (Å²) >= 11 is 0. The Morgan fingerprint density at radius 3 is 3.11 bits per heavy atom. The maximum absolute atomic E-state index is 6.05. The molecule has 0 aromatic carbocycles. The standard InChI is InChI=1S/C14H23N3O/c1-3-7-18-12-5-4-6-17(10-12)14-13(15)8-11(2)9-16-14/h8-9,12H,3-7,10,15H2,1-2H3. The van der Waals surface area contributed by atoms with E-state index in [1.807, 2.05) is 19.2 Å². The van der Waals surface area contributed by atoms with E-state index >= 15 is 0 Å². The van der Waals surface area contributed by atoms with E-state index in [1.165, 1.54) is 0 Å². The van der Waals surface area contributed by atoms with Gasteiger partial charge in [-0.1, -0.05) is 6.92 Å². The number of anilines is 2. The van der Waals surface area contributed by atoms with Gasteiger partial charge in [0.15, 0.2) is 5.82 Å². The maximum Gasteiger partial charge on any atom is 0.151 e. The van der Waals surface area contributed by atoms with E-state index in [0.717, 1.165) is 56.0 Å². The summed E-state index contributed by atoms with van der Waals surface area (Å²) in [5, 5.41) is 0. The van der Waals surface area contributed by atoms with Crippen LogP contribution in [0.5, 0.6) is 0 Å². The highest BCUT2D eigenvalue weighted by molar-refractivity contribution is 5.63. The lowest BCUT2D eigenvalue weighted by Gasteiger charge is -2.34. The van der Waals surface area contributed by atoms with Gasteiger partial charge in [-0.25, -0.2) is 4.98 Å². The van der Waals surface area contributed by atoms with Crippen LogP contribution in [0, 0.1) is 6.92 Å². The molecule has 1 aliphatic heterocycles. The topological polar surface area (TPSA) is 51.4 Å². The number of rotatable bonds is 4. The van der Waals surface area contributed by atoms with Crippen molar-refractivity contribution in [3.63, 3.8) is 0 Å². The molecule has 1 aliphatic rings. The fourth-order valence-corrected chi connectivity index (χ4v) is 2.40. The number of piperidine rings is 1. The highest BCUT2D eigenvalue weighted by Gasteiger charge is 2.22. The third-order valence-corrected chi connectivity index (χ3v) is 3.27. The zero-order valence-electron chi connectivity index (χ0n) is 11.4. The number of nitrogens with zero attached hydrogens (tertiary/aromatic N) is 2. The first-order valence-electron chi connectivity index (χ1n) is 6.79. The SMILES string of the molecule is CCCOC1CCCN(c2ncc(C)cc2N)C1. The molecule has 1 aromatic heterocycles. The highest BCUT2D eigenvalue weighted by Crippen LogP contribution is 2.25. The van der Waals surface area contributed by atoms with Gasteiger partial charge >= 0.3 is 0 Å². The second-order valence-electron chi connectivity index (χ2n) is 5.01. The quantitative estimate of drug-likeness (QED) is 0.890. The maximum atomic E-state index is 6.05. The number of aromatic nitrogens is 1. The van der Waals surface area contributed by atoms with Crippen LogP contribution in [0.1, 0.15) is 31.7 Å². The molecule has 0 saturated carbocycles. The summed E-state index contributed by atoms with van der Waals surface area (Å²) in [5.41, 5.74) is 7.93. The van der Waals surface area contributed by atoms with Gasteiger partial charge in [0.2, 0.25) is 0 Å².